The van der Waals surface area contributed by atoms with Crippen LogP contribution < -0.4 is 0 Å². The van der Waals surface area contributed by atoms with Gasteiger partial charge in [-0.2, -0.15) is 0 Å². The van der Waals surface area contributed by atoms with Gasteiger partial charge in [-0.15, -0.1) is 0 Å². The van der Waals surface area contributed by atoms with E-state index in [2.05, 4.69) is 0 Å². The Balaban J connectivity index is 2.04. The average Bonchev–Trinajstić information content (AvgIpc) is 2.48. The van der Waals surface area contributed by atoms with Crippen LogP contribution in [0.3, 0.4) is 0 Å². The summed E-state index contributed by atoms with van der Waals surface area (Å²) in [5, 5.41) is 9.59. The third kappa shape index (κ3) is 3.15. The highest BCUT2D eigenvalue weighted by Crippen LogP contribution is 2.36. The molecule has 1 N–H and O–H groups in total. The number of carbonyl (C=O) groups is 2. The topological polar surface area (TPSA) is 57.6 Å². The van der Waals surface area contributed by atoms with E-state index in [0.29, 0.717) is 19.4 Å². The SMILES string of the molecule is CCCC1(C(=O)O)CCCN(C(=O)C2CCCCC2)C1. The summed E-state index contributed by atoms with van der Waals surface area (Å²) in [5.41, 5.74) is -0.697. The van der Waals surface area contributed by atoms with E-state index >= 15 is 0 Å². The molecule has 0 spiro atoms. The molecule has 1 aliphatic heterocycles. The lowest BCUT2D eigenvalue weighted by Crippen LogP contribution is -2.51. The Bertz CT molecular complexity index is 359. The molecule has 0 aromatic carbocycles. The van der Waals surface area contributed by atoms with Crippen molar-refractivity contribution >= 4 is 11.9 Å². The summed E-state index contributed by atoms with van der Waals surface area (Å²) in [6.07, 6.45) is 8.57. The van der Waals surface area contributed by atoms with E-state index in [1.807, 2.05) is 11.8 Å². The van der Waals surface area contributed by atoms with Gasteiger partial charge in [0.15, 0.2) is 0 Å². The molecule has 1 saturated carbocycles. The van der Waals surface area contributed by atoms with Crippen molar-refractivity contribution in [2.24, 2.45) is 11.3 Å². The van der Waals surface area contributed by atoms with Gasteiger partial charge >= 0.3 is 5.97 Å². The predicted molar refractivity (Wildman–Crippen MR) is 77.4 cm³/mol. The van der Waals surface area contributed by atoms with Crippen LogP contribution in [0.15, 0.2) is 0 Å². The molecule has 1 amide bonds. The van der Waals surface area contributed by atoms with Gasteiger partial charge in [0.25, 0.3) is 0 Å². The van der Waals surface area contributed by atoms with Crippen molar-refractivity contribution in [1.82, 2.24) is 4.90 Å². The Kier molecular flexibility index (Phi) is 5.06. The first-order chi connectivity index (χ1) is 9.59. The van der Waals surface area contributed by atoms with E-state index in [1.165, 1.54) is 6.42 Å². The molecule has 0 radical (unpaired) electrons. The third-order valence-corrected chi connectivity index (χ3v) is 5.03. The smallest absolute Gasteiger partial charge is 0.311 e. The number of amides is 1. The van der Waals surface area contributed by atoms with E-state index in [-0.39, 0.29) is 11.8 Å². The van der Waals surface area contributed by atoms with Crippen LogP contribution in [0.5, 0.6) is 0 Å². The monoisotopic (exact) mass is 281 g/mol. The Hall–Kier alpha value is -1.06. The number of likely N-dealkylation sites (tertiary alicyclic amines) is 1. The van der Waals surface area contributed by atoms with Crippen molar-refractivity contribution in [2.75, 3.05) is 13.1 Å². The Morgan fingerprint density at radius 2 is 1.90 bits per heavy atom. The molecule has 0 aromatic rings. The zero-order chi connectivity index (χ0) is 14.6. The van der Waals surface area contributed by atoms with E-state index in [1.54, 1.807) is 0 Å². The summed E-state index contributed by atoms with van der Waals surface area (Å²) in [5.74, 6) is -0.360. The summed E-state index contributed by atoms with van der Waals surface area (Å²) >= 11 is 0. The molecule has 1 saturated heterocycles. The van der Waals surface area contributed by atoms with Crippen LogP contribution in [0.4, 0.5) is 0 Å². The molecule has 1 heterocycles. The molecule has 1 atom stereocenters. The number of hydrogen-bond donors (Lipinski definition) is 1. The predicted octanol–water partition coefficient (Wildman–Crippen LogP) is 3.06. The lowest BCUT2D eigenvalue weighted by Gasteiger charge is -2.41. The minimum absolute atomic E-state index is 0.148. The normalized spacial score (nSPS) is 28.4. The van der Waals surface area contributed by atoms with Gasteiger partial charge < -0.3 is 10.0 Å². The zero-order valence-corrected chi connectivity index (χ0v) is 12.6. The van der Waals surface area contributed by atoms with Crippen molar-refractivity contribution in [3.05, 3.63) is 0 Å². The standard InChI is InChI=1S/C16H27NO3/c1-2-9-16(15(19)20)10-6-11-17(12-16)14(18)13-7-4-3-5-8-13/h13H,2-12H2,1H3,(H,19,20). The summed E-state index contributed by atoms with van der Waals surface area (Å²) in [7, 11) is 0. The molecule has 0 bridgehead atoms. The van der Waals surface area contributed by atoms with E-state index in [0.717, 1.165) is 45.1 Å². The van der Waals surface area contributed by atoms with Gasteiger partial charge in [-0.25, -0.2) is 0 Å². The van der Waals surface area contributed by atoms with Crippen LogP contribution in [0.25, 0.3) is 0 Å². The lowest BCUT2D eigenvalue weighted by molar-refractivity contribution is -0.156. The molecule has 20 heavy (non-hydrogen) atoms. The molecular formula is C16H27NO3. The number of piperidine rings is 1. The fourth-order valence-corrected chi connectivity index (χ4v) is 3.89. The summed E-state index contributed by atoms with van der Waals surface area (Å²) in [6.45, 7) is 3.19. The molecule has 2 rings (SSSR count). The van der Waals surface area contributed by atoms with Gasteiger partial charge in [-0.05, 0) is 32.1 Å². The first-order valence-electron chi connectivity index (χ1n) is 8.11. The van der Waals surface area contributed by atoms with E-state index in [9.17, 15) is 14.7 Å². The van der Waals surface area contributed by atoms with Crippen LogP contribution in [0, 0.1) is 11.3 Å². The Morgan fingerprint density at radius 1 is 1.20 bits per heavy atom. The number of nitrogens with zero attached hydrogens (tertiary/aromatic N) is 1. The molecule has 4 heteroatoms. The van der Waals surface area contributed by atoms with Gasteiger partial charge in [0.1, 0.15) is 0 Å². The zero-order valence-electron chi connectivity index (χ0n) is 12.6. The highest BCUT2D eigenvalue weighted by molar-refractivity contribution is 5.81. The minimum atomic E-state index is -0.722. The largest absolute Gasteiger partial charge is 0.481 e. The Labute approximate surface area is 121 Å². The molecule has 2 aliphatic rings. The number of hydrogen-bond acceptors (Lipinski definition) is 2. The van der Waals surface area contributed by atoms with Gasteiger partial charge in [0.2, 0.25) is 5.91 Å². The molecule has 1 unspecified atom stereocenters. The number of aliphatic carboxylic acids is 1. The number of carbonyl (C=O) groups excluding carboxylic acids is 1. The van der Waals surface area contributed by atoms with Crippen molar-refractivity contribution in [3.8, 4) is 0 Å². The van der Waals surface area contributed by atoms with Crippen LogP contribution >= 0.6 is 0 Å². The average molecular weight is 281 g/mol. The molecule has 0 aromatic heterocycles. The molecule has 4 nitrogen and oxygen atoms in total. The summed E-state index contributed by atoms with van der Waals surface area (Å²) in [6, 6.07) is 0. The van der Waals surface area contributed by atoms with E-state index < -0.39 is 11.4 Å². The van der Waals surface area contributed by atoms with Crippen LogP contribution in [-0.2, 0) is 9.59 Å². The maximum absolute atomic E-state index is 12.6. The fraction of sp³-hybridized carbons (Fsp3) is 0.875. The van der Waals surface area contributed by atoms with Crippen molar-refractivity contribution < 1.29 is 14.7 Å². The fourth-order valence-electron chi connectivity index (χ4n) is 3.89. The first kappa shape index (κ1) is 15.3. The highest BCUT2D eigenvalue weighted by Gasteiger charge is 2.43. The number of carboxylic acids is 1. The maximum atomic E-state index is 12.6. The van der Waals surface area contributed by atoms with Crippen LogP contribution in [0.2, 0.25) is 0 Å². The van der Waals surface area contributed by atoms with Crippen molar-refractivity contribution in [1.29, 1.82) is 0 Å². The molecule has 2 fully saturated rings. The second kappa shape index (κ2) is 6.59. The van der Waals surface area contributed by atoms with Crippen LogP contribution in [0.1, 0.15) is 64.7 Å². The van der Waals surface area contributed by atoms with Gasteiger partial charge in [0, 0.05) is 19.0 Å². The van der Waals surface area contributed by atoms with E-state index in [4.69, 9.17) is 0 Å². The van der Waals surface area contributed by atoms with Gasteiger partial charge in [-0.3, -0.25) is 9.59 Å². The summed E-state index contributed by atoms with van der Waals surface area (Å²) < 4.78 is 0. The van der Waals surface area contributed by atoms with Crippen molar-refractivity contribution in [2.45, 2.75) is 64.7 Å². The quantitative estimate of drug-likeness (QED) is 0.861. The highest BCUT2D eigenvalue weighted by atomic mass is 16.4. The minimum Gasteiger partial charge on any atom is -0.481 e. The van der Waals surface area contributed by atoms with Gasteiger partial charge in [-0.1, -0.05) is 32.6 Å². The number of rotatable bonds is 4. The Morgan fingerprint density at radius 3 is 2.50 bits per heavy atom. The molecule has 1 aliphatic carbocycles. The van der Waals surface area contributed by atoms with Crippen molar-refractivity contribution in [3.63, 3.8) is 0 Å². The van der Waals surface area contributed by atoms with Gasteiger partial charge in [0.05, 0.1) is 5.41 Å². The lowest BCUT2D eigenvalue weighted by atomic mass is 9.75. The van der Waals surface area contributed by atoms with Crippen LogP contribution in [-0.4, -0.2) is 35.0 Å². The summed E-state index contributed by atoms with van der Waals surface area (Å²) in [4.78, 5) is 26.1. The maximum Gasteiger partial charge on any atom is 0.311 e. The molecule has 114 valence electrons. The third-order valence-electron chi connectivity index (χ3n) is 5.03. The second-order valence-electron chi connectivity index (χ2n) is 6.53. The second-order valence-corrected chi connectivity index (χ2v) is 6.53. The molecular weight excluding hydrogens is 254 g/mol. The first-order valence-corrected chi connectivity index (χ1v) is 8.11. The number of carboxylic acid groups (broad SMARTS) is 1.